The lowest BCUT2D eigenvalue weighted by Gasteiger charge is -2.43. The van der Waals surface area contributed by atoms with Crippen molar-refractivity contribution in [1.29, 1.82) is 0 Å². The molecule has 0 radical (unpaired) electrons. The van der Waals surface area contributed by atoms with E-state index in [2.05, 4.69) is 10.2 Å². The molecule has 5 nitrogen and oxygen atoms in total. The number of aromatic hydroxyl groups is 1. The molecule has 1 aliphatic rings. The number of benzene rings is 1. The fourth-order valence-corrected chi connectivity index (χ4v) is 3.17. The Labute approximate surface area is 145 Å². The average molecular weight is 345 g/mol. The Balaban J connectivity index is 0.00000264. The lowest BCUT2D eigenvalue weighted by atomic mass is 9.79. The summed E-state index contributed by atoms with van der Waals surface area (Å²) in [6, 6.07) is 5.56. The second kappa shape index (κ2) is 8.73. The third-order valence-corrected chi connectivity index (χ3v) is 4.29. The van der Waals surface area contributed by atoms with Crippen LogP contribution in [0.1, 0.15) is 32.4 Å². The van der Waals surface area contributed by atoms with E-state index in [4.69, 9.17) is 4.74 Å². The normalized spacial score (nSPS) is 17.4. The Morgan fingerprint density at radius 1 is 1.30 bits per heavy atom. The molecule has 1 aromatic rings. The minimum absolute atomic E-state index is 0. The Kier molecular flexibility index (Phi) is 7.61. The number of nitrogens with zero attached hydrogens (tertiary/aromatic N) is 1. The maximum absolute atomic E-state index is 10.6. The van der Waals surface area contributed by atoms with Gasteiger partial charge in [-0.25, -0.2) is 0 Å². The Hall–Kier alpha value is -1.01. The van der Waals surface area contributed by atoms with Gasteiger partial charge in [0.2, 0.25) is 0 Å². The Morgan fingerprint density at radius 3 is 2.52 bits per heavy atom. The van der Waals surface area contributed by atoms with Crippen molar-refractivity contribution in [2.75, 3.05) is 39.4 Å². The van der Waals surface area contributed by atoms with E-state index in [0.29, 0.717) is 12.4 Å². The van der Waals surface area contributed by atoms with Crippen LogP contribution in [0.15, 0.2) is 18.2 Å². The number of hydrogen-bond acceptors (Lipinski definition) is 5. The molecule has 0 spiro atoms. The van der Waals surface area contributed by atoms with E-state index < -0.39 is 0 Å². The predicted octanol–water partition coefficient (Wildman–Crippen LogP) is 2.18. The molecule has 0 saturated carbocycles. The van der Waals surface area contributed by atoms with Crippen LogP contribution >= 0.6 is 12.4 Å². The highest BCUT2D eigenvalue weighted by molar-refractivity contribution is 5.85. The molecular weight excluding hydrogens is 316 g/mol. The number of hydrogen-bond donors (Lipinski definition) is 3. The molecular formula is C17H29ClN2O3. The van der Waals surface area contributed by atoms with Crippen LogP contribution in [-0.2, 0) is 0 Å². The zero-order chi connectivity index (χ0) is 16.2. The van der Waals surface area contributed by atoms with Crippen LogP contribution in [0.2, 0.25) is 0 Å². The molecule has 1 heterocycles. The molecule has 1 aliphatic heterocycles. The fourth-order valence-electron chi connectivity index (χ4n) is 3.17. The smallest absolute Gasteiger partial charge is 0.162 e. The van der Waals surface area contributed by atoms with E-state index in [9.17, 15) is 10.2 Å². The summed E-state index contributed by atoms with van der Waals surface area (Å²) in [6.07, 6.45) is 0. The summed E-state index contributed by atoms with van der Waals surface area (Å²) in [5.41, 5.74) is 0.464. The molecule has 1 fully saturated rings. The quantitative estimate of drug-likeness (QED) is 0.738. The standard InChI is InChI=1S/C17H28N2O3.ClH/c1-4-22-14-7-5-6-13(15(14)21)16(17(2,3)12-20)19-10-8-18-9-11-19;/h5-7,16,18,20-21H,4,8-12H2,1-3H3;1H/t16-;/m0./s1. The van der Waals surface area contributed by atoms with Gasteiger partial charge in [-0.2, -0.15) is 0 Å². The molecule has 1 aromatic carbocycles. The van der Waals surface area contributed by atoms with Crippen molar-refractivity contribution in [3.05, 3.63) is 23.8 Å². The van der Waals surface area contributed by atoms with E-state index in [1.54, 1.807) is 6.07 Å². The second-order valence-electron chi connectivity index (χ2n) is 6.46. The third kappa shape index (κ3) is 4.51. The molecule has 0 unspecified atom stereocenters. The van der Waals surface area contributed by atoms with Gasteiger partial charge in [0, 0.05) is 49.8 Å². The van der Waals surface area contributed by atoms with Gasteiger partial charge in [-0.1, -0.05) is 26.0 Å². The van der Waals surface area contributed by atoms with Crippen LogP contribution in [-0.4, -0.2) is 54.5 Å². The summed E-state index contributed by atoms with van der Waals surface area (Å²) in [4.78, 5) is 2.33. The van der Waals surface area contributed by atoms with Gasteiger partial charge in [0.15, 0.2) is 11.5 Å². The van der Waals surface area contributed by atoms with Crippen molar-refractivity contribution in [1.82, 2.24) is 10.2 Å². The second-order valence-corrected chi connectivity index (χ2v) is 6.46. The lowest BCUT2D eigenvalue weighted by Crippen LogP contribution is -2.49. The molecule has 0 aromatic heterocycles. The lowest BCUT2D eigenvalue weighted by molar-refractivity contribution is 0.0291. The highest BCUT2D eigenvalue weighted by Crippen LogP contribution is 2.44. The van der Waals surface area contributed by atoms with Gasteiger partial charge in [0.25, 0.3) is 0 Å². The number of aliphatic hydroxyl groups is 1. The maximum atomic E-state index is 10.6. The number of piperazine rings is 1. The predicted molar refractivity (Wildman–Crippen MR) is 94.6 cm³/mol. The van der Waals surface area contributed by atoms with Crippen LogP contribution in [0.5, 0.6) is 11.5 Å². The number of nitrogens with one attached hydrogen (secondary N) is 1. The van der Waals surface area contributed by atoms with Gasteiger partial charge in [0.1, 0.15) is 0 Å². The molecule has 0 amide bonds. The van der Waals surface area contributed by atoms with Crippen molar-refractivity contribution in [2.24, 2.45) is 5.41 Å². The summed E-state index contributed by atoms with van der Waals surface area (Å²) in [7, 11) is 0. The van der Waals surface area contributed by atoms with Crippen LogP contribution < -0.4 is 10.1 Å². The molecule has 0 bridgehead atoms. The first-order valence-corrected chi connectivity index (χ1v) is 8.01. The largest absolute Gasteiger partial charge is 0.504 e. The molecule has 0 aliphatic carbocycles. The maximum Gasteiger partial charge on any atom is 0.162 e. The highest BCUT2D eigenvalue weighted by Gasteiger charge is 2.37. The third-order valence-electron chi connectivity index (χ3n) is 4.29. The van der Waals surface area contributed by atoms with E-state index >= 15 is 0 Å². The molecule has 23 heavy (non-hydrogen) atoms. The summed E-state index contributed by atoms with van der Waals surface area (Å²) in [5.74, 6) is 0.697. The van der Waals surface area contributed by atoms with Gasteiger partial charge in [-0.3, -0.25) is 4.90 Å². The first-order chi connectivity index (χ1) is 10.5. The topological polar surface area (TPSA) is 65.0 Å². The molecule has 3 N–H and O–H groups in total. The van der Waals surface area contributed by atoms with Crippen molar-refractivity contribution in [3.63, 3.8) is 0 Å². The minimum atomic E-state index is -0.361. The van der Waals surface area contributed by atoms with Gasteiger partial charge in [-0.15, -0.1) is 12.4 Å². The Bertz CT molecular complexity index is 491. The van der Waals surface area contributed by atoms with E-state index in [-0.39, 0.29) is 36.2 Å². The summed E-state index contributed by atoms with van der Waals surface area (Å²) in [6.45, 7) is 10.2. The van der Waals surface area contributed by atoms with Crippen molar-refractivity contribution in [2.45, 2.75) is 26.8 Å². The van der Waals surface area contributed by atoms with E-state index in [1.165, 1.54) is 0 Å². The number of ether oxygens (including phenoxy) is 1. The number of phenols is 1. The zero-order valence-corrected chi connectivity index (χ0v) is 15.0. The zero-order valence-electron chi connectivity index (χ0n) is 14.2. The summed E-state index contributed by atoms with van der Waals surface area (Å²) < 4.78 is 5.52. The highest BCUT2D eigenvalue weighted by atomic mass is 35.5. The first kappa shape index (κ1) is 20.0. The average Bonchev–Trinajstić information content (AvgIpc) is 2.52. The minimum Gasteiger partial charge on any atom is -0.504 e. The SMILES string of the molecule is CCOc1cccc([C@H](N2CCNCC2)C(C)(C)CO)c1O.Cl. The molecule has 132 valence electrons. The summed E-state index contributed by atoms with van der Waals surface area (Å²) in [5, 5.41) is 23.8. The number of aliphatic hydroxyl groups excluding tert-OH is 1. The van der Waals surface area contributed by atoms with Gasteiger partial charge >= 0.3 is 0 Å². The van der Waals surface area contributed by atoms with Crippen LogP contribution in [0.3, 0.4) is 0 Å². The van der Waals surface area contributed by atoms with Crippen LogP contribution in [0, 0.1) is 5.41 Å². The molecule has 1 saturated heterocycles. The molecule has 6 heteroatoms. The monoisotopic (exact) mass is 344 g/mol. The first-order valence-electron chi connectivity index (χ1n) is 8.01. The van der Waals surface area contributed by atoms with Crippen molar-refractivity contribution >= 4 is 12.4 Å². The Morgan fingerprint density at radius 2 is 1.96 bits per heavy atom. The van der Waals surface area contributed by atoms with Gasteiger partial charge in [0.05, 0.1) is 6.61 Å². The number of rotatable bonds is 6. The number of halogens is 1. The van der Waals surface area contributed by atoms with Crippen LogP contribution in [0.4, 0.5) is 0 Å². The van der Waals surface area contributed by atoms with Crippen molar-refractivity contribution in [3.8, 4) is 11.5 Å². The van der Waals surface area contributed by atoms with E-state index in [0.717, 1.165) is 31.7 Å². The van der Waals surface area contributed by atoms with Crippen molar-refractivity contribution < 1.29 is 14.9 Å². The summed E-state index contributed by atoms with van der Waals surface area (Å²) >= 11 is 0. The van der Waals surface area contributed by atoms with Crippen LogP contribution in [0.25, 0.3) is 0 Å². The van der Waals surface area contributed by atoms with Gasteiger partial charge in [-0.05, 0) is 13.0 Å². The van der Waals surface area contributed by atoms with Gasteiger partial charge < -0.3 is 20.3 Å². The molecule has 1 atom stereocenters. The number of para-hydroxylation sites is 1. The molecule has 2 rings (SSSR count). The number of phenolic OH excluding ortho intramolecular Hbond substituents is 1. The fraction of sp³-hybridized carbons (Fsp3) is 0.647. The van der Waals surface area contributed by atoms with E-state index in [1.807, 2.05) is 32.9 Å².